The van der Waals surface area contributed by atoms with Crippen LogP contribution in [0.1, 0.15) is 24.8 Å². The van der Waals surface area contributed by atoms with Gasteiger partial charge in [-0.3, -0.25) is 9.59 Å². The van der Waals surface area contributed by atoms with Gasteiger partial charge in [0.1, 0.15) is 6.04 Å². The first kappa shape index (κ1) is 21.7. The van der Waals surface area contributed by atoms with E-state index < -0.39 is 17.8 Å². The number of hydrogen-bond acceptors (Lipinski definition) is 3. The minimum atomic E-state index is -4.39. The summed E-state index contributed by atoms with van der Waals surface area (Å²) in [6.45, 7) is 0. The second-order valence-corrected chi connectivity index (χ2v) is 8.18. The lowest BCUT2D eigenvalue weighted by atomic mass is 10.0. The van der Waals surface area contributed by atoms with E-state index in [1.807, 2.05) is 18.2 Å². The van der Waals surface area contributed by atoms with E-state index in [1.54, 1.807) is 18.6 Å². The van der Waals surface area contributed by atoms with Gasteiger partial charge in [0.05, 0.1) is 23.1 Å². The van der Waals surface area contributed by atoms with Crippen LogP contribution in [0.3, 0.4) is 0 Å². The summed E-state index contributed by atoms with van der Waals surface area (Å²) in [4.78, 5) is 27.4. The molecule has 3 N–H and O–H groups in total. The lowest BCUT2D eigenvalue weighted by Gasteiger charge is -2.22. The summed E-state index contributed by atoms with van der Waals surface area (Å²) in [6, 6.07) is 9.88. The van der Waals surface area contributed by atoms with Crippen LogP contribution in [-0.2, 0) is 15.8 Å². The van der Waals surface area contributed by atoms with Crippen LogP contribution in [0, 0.1) is 0 Å². The number of benzene rings is 2. The molecular formula is C24H20F3N5O2. The number of piperidine rings is 1. The molecule has 5 rings (SSSR count). The second kappa shape index (κ2) is 8.36. The maximum absolute atomic E-state index is 12.8. The van der Waals surface area contributed by atoms with E-state index in [9.17, 15) is 22.8 Å². The van der Waals surface area contributed by atoms with E-state index in [1.165, 1.54) is 16.8 Å². The maximum atomic E-state index is 12.8. The van der Waals surface area contributed by atoms with Crippen LogP contribution in [0.2, 0.25) is 0 Å². The summed E-state index contributed by atoms with van der Waals surface area (Å²) in [5.41, 5.74) is 2.79. The van der Waals surface area contributed by atoms with Crippen molar-refractivity contribution in [3.05, 3.63) is 66.6 Å². The number of rotatable bonds is 4. The Labute approximate surface area is 192 Å². The average molecular weight is 467 g/mol. The van der Waals surface area contributed by atoms with Crippen molar-refractivity contribution in [1.82, 2.24) is 20.1 Å². The summed E-state index contributed by atoms with van der Waals surface area (Å²) in [7, 11) is 0. The van der Waals surface area contributed by atoms with E-state index in [4.69, 9.17) is 0 Å². The highest BCUT2D eigenvalue weighted by atomic mass is 19.4. The van der Waals surface area contributed by atoms with Gasteiger partial charge in [0.2, 0.25) is 11.8 Å². The average Bonchev–Trinajstić information content (AvgIpc) is 3.46. The molecule has 10 heteroatoms. The Balaban J connectivity index is 1.38. The number of aromatic nitrogens is 3. The molecule has 34 heavy (non-hydrogen) atoms. The van der Waals surface area contributed by atoms with Gasteiger partial charge in [0, 0.05) is 35.3 Å². The molecule has 0 unspecified atom stereocenters. The maximum Gasteiger partial charge on any atom is 0.416 e. The number of H-pyrrole nitrogens is 1. The third-order valence-electron chi connectivity index (χ3n) is 5.86. The van der Waals surface area contributed by atoms with Crippen LogP contribution in [0.25, 0.3) is 27.7 Å². The highest BCUT2D eigenvalue weighted by Gasteiger charge is 2.30. The molecule has 1 fully saturated rings. The van der Waals surface area contributed by atoms with Crippen LogP contribution in [-0.4, -0.2) is 32.6 Å². The van der Waals surface area contributed by atoms with E-state index in [-0.39, 0.29) is 11.8 Å². The van der Waals surface area contributed by atoms with Gasteiger partial charge in [-0.1, -0.05) is 6.07 Å². The highest BCUT2D eigenvalue weighted by Crippen LogP contribution is 2.31. The smallest absolute Gasteiger partial charge is 0.359 e. The Morgan fingerprint density at radius 2 is 1.91 bits per heavy atom. The number of nitrogens with one attached hydrogen (secondary N) is 3. The molecule has 0 bridgehead atoms. The first-order valence-electron chi connectivity index (χ1n) is 10.7. The van der Waals surface area contributed by atoms with Crippen molar-refractivity contribution in [2.24, 2.45) is 0 Å². The van der Waals surface area contributed by atoms with E-state index >= 15 is 0 Å². The third kappa shape index (κ3) is 4.26. The third-order valence-corrected chi connectivity index (χ3v) is 5.86. The molecule has 0 saturated carbocycles. The summed E-state index contributed by atoms with van der Waals surface area (Å²) in [5.74, 6) is -0.396. The largest absolute Gasteiger partial charge is 0.416 e. The zero-order valence-corrected chi connectivity index (χ0v) is 17.8. The summed E-state index contributed by atoms with van der Waals surface area (Å²) in [5, 5.41) is 10.7. The minimum Gasteiger partial charge on any atom is -0.359 e. The van der Waals surface area contributed by atoms with Crippen LogP contribution in [0.15, 0.2) is 61.1 Å². The number of nitrogens with zero attached hydrogens (tertiary/aromatic N) is 2. The van der Waals surface area contributed by atoms with Gasteiger partial charge in [-0.15, -0.1) is 0 Å². The normalized spacial score (nSPS) is 16.4. The zero-order chi connectivity index (χ0) is 23.9. The number of aromatic amines is 1. The fourth-order valence-corrected chi connectivity index (χ4v) is 4.04. The Hall–Kier alpha value is -4.08. The van der Waals surface area contributed by atoms with Gasteiger partial charge >= 0.3 is 6.18 Å². The SMILES string of the molecule is O=C1CCC[C@@H](C(=O)Nc2c[nH]c3ccc(-c4cnn(-c5ccc(C(F)(F)F)cc5)c4)cc23)N1. The quantitative estimate of drug-likeness (QED) is 0.408. The molecule has 3 heterocycles. The molecule has 0 spiro atoms. The molecule has 2 aromatic heterocycles. The van der Waals surface area contributed by atoms with Crippen molar-refractivity contribution in [1.29, 1.82) is 0 Å². The fraction of sp³-hybridized carbons (Fsp3) is 0.208. The Morgan fingerprint density at radius 1 is 1.12 bits per heavy atom. The molecule has 0 aliphatic carbocycles. The molecule has 174 valence electrons. The minimum absolute atomic E-state index is 0.127. The van der Waals surface area contributed by atoms with Gasteiger partial charge in [-0.05, 0) is 54.8 Å². The standard InChI is InChI=1S/C24H20F3N5O2/c25-24(26,27)16-5-7-17(8-6-16)32-13-15(11-29-32)14-4-9-19-18(10-14)21(12-28-19)31-23(34)20-2-1-3-22(33)30-20/h4-13,20,28H,1-3H2,(H,30,33)(H,31,34)/t20-/m0/s1. The predicted octanol–water partition coefficient (Wildman–Crippen LogP) is 4.65. The van der Waals surface area contributed by atoms with Crippen molar-refractivity contribution in [2.45, 2.75) is 31.5 Å². The number of hydrogen-bond donors (Lipinski definition) is 3. The van der Waals surface area contributed by atoms with Gasteiger partial charge in [-0.25, -0.2) is 4.68 Å². The topological polar surface area (TPSA) is 91.8 Å². The lowest BCUT2D eigenvalue weighted by molar-refractivity contribution is -0.137. The number of fused-ring (bicyclic) bond motifs is 1. The Morgan fingerprint density at radius 3 is 2.65 bits per heavy atom. The summed E-state index contributed by atoms with van der Waals surface area (Å²) < 4.78 is 39.9. The van der Waals surface area contributed by atoms with Crippen LogP contribution in [0.4, 0.5) is 18.9 Å². The molecule has 2 amide bonds. The predicted molar refractivity (Wildman–Crippen MR) is 120 cm³/mol. The van der Waals surface area contributed by atoms with Crippen LogP contribution in [0.5, 0.6) is 0 Å². The van der Waals surface area contributed by atoms with E-state index in [0.29, 0.717) is 30.6 Å². The number of carbonyl (C=O) groups excluding carboxylic acids is 2. The van der Waals surface area contributed by atoms with Crippen LogP contribution >= 0.6 is 0 Å². The molecule has 1 aliphatic rings. The molecule has 2 aromatic carbocycles. The fourth-order valence-electron chi connectivity index (χ4n) is 4.04. The van der Waals surface area contributed by atoms with E-state index in [0.717, 1.165) is 34.2 Å². The Bertz CT molecular complexity index is 1370. The molecule has 4 aromatic rings. The van der Waals surface area contributed by atoms with Crippen molar-refractivity contribution < 1.29 is 22.8 Å². The molecular weight excluding hydrogens is 447 g/mol. The van der Waals surface area contributed by atoms with Crippen LogP contribution < -0.4 is 10.6 Å². The van der Waals surface area contributed by atoms with Crippen molar-refractivity contribution >= 4 is 28.4 Å². The number of alkyl halides is 3. The number of amides is 2. The number of anilines is 1. The molecule has 1 atom stereocenters. The van der Waals surface area contributed by atoms with E-state index in [2.05, 4.69) is 20.7 Å². The monoisotopic (exact) mass is 467 g/mol. The highest BCUT2D eigenvalue weighted by molar-refractivity contribution is 6.05. The molecule has 0 radical (unpaired) electrons. The van der Waals surface area contributed by atoms with Gasteiger partial charge in [0.15, 0.2) is 0 Å². The van der Waals surface area contributed by atoms with Gasteiger partial charge in [0.25, 0.3) is 0 Å². The molecule has 1 aliphatic heterocycles. The molecule has 1 saturated heterocycles. The van der Waals surface area contributed by atoms with Crippen molar-refractivity contribution in [2.75, 3.05) is 5.32 Å². The Kier molecular flexibility index (Phi) is 5.35. The lowest BCUT2D eigenvalue weighted by Crippen LogP contribution is -2.46. The van der Waals surface area contributed by atoms with Gasteiger partial charge < -0.3 is 15.6 Å². The summed E-state index contributed by atoms with van der Waals surface area (Å²) >= 11 is 0. The summed E-state index contributed by atoms with van der Waals surface area (Å²) in [6.07, 6.45) is 2.35. The van der Waals surface area contributed by atoms with Gasteiger partial charge in [-0.2, -0.15) is 18.3 Å². The number of halogens is 3. The van der Waals surface area contributed by atoms with Crippen molar-refractivity contribution in [3.8, 4) is 16.8 Å². The zero-order valence-electron chi connectivity index (χ0n) is 17.8. The second-order valence-electron chi connectivity index (χ2n) is 8.18. The number of carbonyl (C=O) groups is 2. The van der Waals surface area contributed by atoms with Crippen molar-refractivity contribution in [3.63, 3.8) is 0 Å². The first-order valence-corrected chi connectivity index (χ1v) is 10.7. The first-order chi connectivity index (χ1) is 16.3. The molecule has 7 nitrogen and oxygen atoms in total.